The van der Waals surface area contributed by atoms with E-state index in [-0.39, 0.29) is 32.0 Å². The average molecular weight is 826 g/mol. The highest BCUT2D eigenvalue weighted by atomic mass is 79.9. The van der Waals surface area contributed by atoms with Gasteiger partial charge in [-0.15, -0.1) is 18.3 Å². The van der Waals surface area contributed by atoms with E-state index in [2.05, 4.69) is 44.7 Å². The number of fused-ring (bicyclic) bond motifs is 2. The first-order chi connectivity index (χ1) is 27.1. The molecule has 3 aliphatic rings. The second kappa shape index (κ2) is 16.5. The van der Waals surface area contributed by atoms with E-state index >= 15 is 9.59 Å². The summed E-state index contributed by atoms with van der Waals surface area (Å²) in [5.74, 6) is -4.10. The molecule has 7 rings (SSSR count). The van der Waals surface area contributed by atoms with Crippen LogP contribution in [0.15, 0.2) is 110 Å². The summed E-state index contributed by atoms with van der Waals surface area (Å²) >= 11 is 3.75. The Labute approximate surface area is 333 Å². The number of likely N-dealkylation sites (tertiary alicyclic amines) is 1. The molecule has 2 bridgehead atoms. The normalized spacial score (nSPS) is 25.3. The molecule has 0 aliphatic carbocycles. The van der Waals surface area contributed by atoms with E-state index in [4.69, 9.17) is 9.47 Å². The number of amides is 3. The number of halogens is 1. The number of carbonyl (C=O) groups excluding carboxylic acids is 4. The number of alkyl halides is 1. The number of benzene rings is 3. The van der Waals surface area contributed by atoms with Gasteiger partial charge in [0.1, 0.15) is 29.9 Å². The summed E-state index contributed by atoms with van der Waals surface area (Å²) in [6.45, 7) is 8.95. The molecule has 1 unspecified atom stereocenters. The maximum Gasteiger partial charge on any atom is 0.313 e. The van der Waals surface area contributed by atoms with E-state index in [1.165, 1.54) is 9.80 Å². The lowest BCUT2D eigenvalue weighted by atomic mass is 9.70. The van der Waals surface area contributed by atoms with Gasteiger partial charge in [0, 0.05) is 17.8 Å². The Morgan fingerprint density at radius 2 is 1.73 bits per heavy atom. The Balaban J connectivity index is 1.27. The monoisotopic (exact) mass is 824 g/mol. The second-order valence-corrected chi connectivity index (χ2v) is 15.7. The molecule has 1 spiro atoms. The SMILES string of the molecule is C=CCCC(=O)N[C@H](C)[C@@H](OC(=O)[C@@H]1[C@H]2O[C@@]3(CC2Br)[C@H](C(=O)N(CC=C)Cn2nnc4ccccc42)N([C@H](CO)c2ccccc2)C(=O)[C@@H]13)c1ccccc1. The Hall–Kier alpha value is -5.18. The predicted octanol–water partition coefficient (Wildman–Crippen LogP) is 4.64. The van der Waals surface area contributed by atoms with Gasteiger partial charge in [0.15, 0.2) is 0 Å². The van der Waals surface area contributed by atoms with Crippen LogP contribution in [-0.2, 0) is 35.3 Å². The van der Waals surface area contributed by atoms with Crippen molar-refractivity contribution in [2.24, 2.45) is 11.8 Å². The number of esters is 1. The molecule has 3 fully saturated rings. The number of aliphatic hydroxyl groups excluding tert-OH is 1. The van der Waals surface area contributed by atoms with Crippen LogP contribution in [-0.4, -0.2) is 95.4 Å². The fraction of sp³-hybridized carbons (Fsp3) is 0.381. The molecular formula is C42H45BrN6O7. The van der Waals surface area contributed by atoms with Crippen molar-refractivity contribution in [1.29, 1.82) is 0 Å². The maximum absolute atomic E-state index is 15.2. The number of para-hydroxylation sites is 1. The number of carbonyl (C=O) groups is 4. The van der Waals surface area contributed by atoms with Crippen molar-refractivity contribution in [2.45, 2.75) is 73.6 Å². The number of aliphatic hydroxyl groups is 1. The molecule has 13 nitrogen and oxygen atoms in total. The molecule has 4 heterocycles. The quantitative estimate of drug-likeness (QED) is 0.0934. The van der Waals surface area contributed by atoms with Crippen LogP contribution in [0.25, 0.3) is 11.0 Å². The minimum absolute atomic E-state index is 0.0123. The first kappa shape index (κ1) is 39.1. The minimum Gasteiger partial charge on any atom is -0.455 e. The highest BCUT2D eigenvalue weighted by Gasteiger charge is 2.77. The van der Waals surface area contributed by atoms with E-state index in [9.17, 15) is 14.7 Å². The largest absolute Gasteiger partial charge is 0.455 e. The standard InChI is InChI=1S/C42H45BrN6O7/c1-4-6-21-33(51)44-26(3)36(28-17-11-8-12-18-28)55-41(54)34-35-39(52)49(32(24-50)27-15-9-7-10-16-27)38(42(35)23-29(43)37(34)56-42)40(53)47(22-5-2)25-48-31-20-14-13-19-30(31)45-46-48/h4-5,7-20,26,29,32,34-38,50H,1-2,6,21-25H2,3H3,(H,44,51)/t26-,29?,32-,34+,35-,36-,37+,38+,42-/m1/s1. The summed E-state index contributed by atoms with van der Waals surface area (Å²) < 4.78 is 14.7. The average Bonchev–Trinajstić information content (AvgIpc) is 3.94. The molecule has 0 saturated carbocycles. The van der Waals surface area contributed by atoms with Crippen molar-refractivity contribution in [3.05, 3.63) is 121 Å². The lowest BCUT2D eigenvalue weighted by molar-refractivity contribution is -0.162. The molecule has 4 aromatic rings. The molecule has 9 atom stereocenters. The highest BCUT2D eigenvalue weighted by Crippen LogP contribution is 2.61. The van der Waals surface area contributed by atoms with Crippen molar-refractivity contribution in [3.63, 3.8) is 0 Å². The number of aromatic nitrogens is 3. The highest BCUT2D eigenvalue weighted by molar-refractivity contribution is 9.09. The Kier molecular flexibility index (Phi) is 11.5. The zero-order valence-electron chi connectivity index (χ0n) is 31.0. The minimum atomic E-state index is -1.46. The maximum atomic E-state index is 15.2. The summed E-state index contributed by atoms with van der Waals surface area (Å²) in [6.07, 6.45) is 2.49. The molecule has 3 aromatic carbocycles. The molecule has 292 valence electrons. The van der Waals surface area contributed by atoms with Crippen LogP contribution in [0.1, 0.15) is 49.5 Å². The Morgan fingerprint density at radius 3 is 2.41 bits per heavy atom. The van der Waals surface area contributed by atoms with Gasteiger partial charge in [-0.25, -0.2) is 4.68 Å². The van der Waals surface area contributed by atoms with Crippen LogP contribution in [0, 0.1) is 11.8 Å². The Morgan fingerprint density at radius 1 is 1.05 bits per heavy atom. The van der Waals surface area contributed by atoms with Gasteiger partial charge in [-0.1, -0.05) is 106 Å². The van der Waals surface area contributed by atoms with Gasteiger partial charge in [-0.2, -0.15) is 0 Å². The van der Waals surface area contributed by atoms with Crippen molar-refractivity contribution in [3.8, 4) is 0 Å². The van der Waals surface area contributed by atoms with Crippen molar-refractivity contribution >= 4 is 50.7 Å². The number of nitrogens with zero attached hydrogens (tertiary/aromatic N) is 5. The van der Waals surface area contributed by atoms with Gasteiger partial charge in [-0.05, 0) is 43.0 Å². The number of hydrogen-bond donors (Lipinski definition) is 2. The van der Waals surface area contributed by atoms with Crippen LogP contribution >= 0.6 is 15.9 Å². The Bertz CT molecular complexity index is 2100. The van der Waals surface area contributed by atoms with Gasteiger partial charge in [-0.3, -0.25) is 19.2 Å². The summed E-state index contributed by atoms with van der Waals surface area (Å²) in [5.41, 5.74) is 1.17. The number of hydrogen-bond acceptors (Lipinski definition) is 9. The molecule has 14 heteroatoms. The van der Waals surface area contributed by atoms with E-state index in [0.717, 1.165) is 0 Å². The zero-order valence-corrected chi connectivity index (χ0v) is 32.6. The van der Waals surface area contributed by atoms with Gasteiger partial charge in [0.05, 0.1) is 42.1 Å². The first-order valence-electron chi connectivity index (χ1n) is 18.8. The topological polar surface area (TPSA) is 156 Å². The van der Waals surface area contributed by atoms with Gasteiger partial charge in [0.2, 0.25) is 17.7 Å². The van der Waals surface area contributed by atoms with Crippen molar-refractivity contribution < 1.29 is 33.8 Å². The van der Waals surface area contributed by atoms with E-state index in [0.29, 0.717) is 28.6 Å². The van der Waals surface area contributed by atoms with Gasteiger partial charge >= 0.3 is 5.97 Å². The summed E-state index contributed by atoms with van der Waals surface area (Å²) in [7, 11) is 0. The van der Waals surface area contributed by atoms with E-state index in [1.807, 2.05) is 60.7 Å². The second-order valence-electron chi connectivity index (χ2n) is 14.5. The molecule has 2 N–H and O–H groups in total. The number of nitrogens with one attached hydrogen (secondary N) is 1. The lowest BCUT2D eigenvalue weighted by Crippen LogP contribution is -2.57. The van der Waals surface area contributed by atoms with Crippen molar-refractivity contribution in [2.75, 3.05) is 13.2 Å². The van der Waals surface area contributed by atoms with Crippen molar-refractivity contribution in [1.82, 2.24) is 30.1 Å². The van der Waals surface area contributed by atoms with Crippen LogP contribution in [0.5, 0.6) is 0 Å². The summed E-state index contributed by atoms with van der Waals surface area (Å²) in [5, 5.41) is 22.5. The first-order valence-corrected chi connectivity index (χ1v) is 19.7. The molecule has 3 saturated heterocycles. The van der Waals surface area contributed by atoms with E-state index < -0.39 is 77.0 Å². The third kappa shape index (κ3) is 7.05. The third-order valence-electron chi connectivity index (χ3n) is 11.1. The fourth-order valence-corrected chi connectivity index (χ4v) is 9.59. The number of ether oxygens (including phenoxy) is 2. The summed E-state index contributed by atoms with van der Waals surface area (Å²) in [6, 6.07) is 22.7. The fourth-order valence-electron chi connectivity index (χ4n) is 8.65. The lowest BCUT2D eigenvalue weighted by Gasteiger charge is -2.39. The van der Waals surface area contributed by atoms with Crippen LogP contribution in [0.4, 0.5) is 0 Å². The van der Waals surface area contributed by atoms with Crippen LogP contribution < -0.4 is 5.32 Å². The van der Waals surface area contributed by atoms with Gasteiger partial charge < -0.3 is 29.7 Å². The molecule has 3 aliphatic heterocycles. The van der Waals surface area contributed by atoms with Gasteiger partial charge in [0.25, 0.3) is 0 Å². The summed E-state index contributed by atoms with van der Waals surface area (Å²) in [4.78, 5) is 60.3. The molecule has 3 amide bonds. The van der Waals surface area contributed by atoms with Crippen LogP contribution in [0.3, 0.4) is 0 Å². The van der Waals surface area contributed by atoms with Crippen LogP contribution in [0.2, 0.25) is 0 Å². The zero-order chi connectivity index (χ0) is 39.6. The molecule has 1 aromatic heterocycles. The third-order valence-corrected chi connectivity index (χ3v) is 11.9. The van der Waals surface area contributed by atoms with E-state index in [1.54, 1.807) is 48.0 Å². The number of rotatable bonds is 16. The smallest absolute Gasteiger partial charge is 0.313 e. The predicted molar refractivity (Wildman–Crippen MR) is 211 cm³/mol. The molecule has 0 radical (unpaired) electrons. The number of allylic oxidation sites excluding steroid dienone is 1. The molecule has 56 heavy (non-hydrogen) atoms. The molecular weight excluding hydrogens is 780 g/mol.